The molecule has 2 rings (SSSR count). The first kappa shape index (κ1) is 12.2. The first-order chi connectivity index (χ1) is 8.04. The van der Waals surface area contributed by atoms with Crippen LogP contribution in [0.1, 0.15) is 25.3 Å². The van der Waals surface area contributed by atoms with E-state index in [0.29, 0.717) is 5.75 Å². The van der Waals surface area contributed by atoms with Crippen LogP contribution in [0.5, 0.6) is 11.5 Å². The second-order valence-corrected chi connectivity index (χ2v) is 5.22. The molecule has 17 heavy (non-hydrogen) atoms. The SMILES string of the molecule is COc1ccc2c(O)c(C(C)C)cc(Br)c2c1. The second-order valence-electron chi connectivity index (χ2n) is 4.36. The van der Waals surface area contributed by atoms with Gasteiger partial charge in [-0.2, -0.15) is 0 Å². The van der Waals surface area contributed by atoms with Crippen LogP contribution in [0.25, 0.3) is 10.8 Å². The van der Waals surface area contributed by atoms with E-state index in [4.69, 9.17) is 4.74 Å². The summed E-state index contributed by atoms with van der Waals surface area (Å²) in [4.78, 5) is 0. The monoisotopic (exact) mass is 294 g/mol. The first-order valence-corrected chi connectivity index (χ1v) is 6.33. The van der Waals surface area contributed by atoms with Crippen LogP contribution >= 0.6 is 15.9 Å². The molecule has 0 aliphatic rings. The van der Waals surface area contributed by atoms with Crippen LogP contribution in [0.15, 0.2) is 28.7 Å². The Bertz CT molecular complexity index is 562. The molecule has 2 aromatic rings. The van der Waals surface area contributed by atoms with E-state index in [1.807, 2.05) is 24.3 Å². The molecule has 0 bridgehead atoms. The smallest absolute Gasteiger partial charge is 0.126 e. The number of halogens is 1. The van der Waals surface area contributed by atoms with Gasteiger partial charge in [0.2, 0.25) is 0 Å². The Labute approximate surface area is 109 Å². The van der Waals surface area contributed by atoms with Gasteiger partial charge in [-0.05, 0) is 35.7 Å². The summed E-state index contributed by atoms with van der Waals surface area (Å²) < 4.78 is 6.17. The summed E-state index contributed by atoms with van der Waals surface area (Å²) in [6.45, 7) is 4.13. The van der Waals surface area contributed by atoms with Gasteiger partial charge in [0.15, 0.2) is 0 Å². The highest BCUT2D eigenvalue weighted by molar-refractivity contribution is 9.10. The molecule has 0 aromatic heterocycles. The summed E-state index contributed by atoms with van der Waals surface area (Å²) in [5.74, 6) is 1.44. The van der Waals surface area contributed by atoms with Crippen molar-refractivity contribution in [1.29, 1.82) is 0 Å². The van der Waals surface area contributed by atoms with Crippen molar-refractivity contribution < 1.29 is 9.84 Å². The average Bonchev–Trinajstić information content (AvgIpc) is 2.32. The largest absolute Gasteiger partial charge is 0.507 e. The van der Waals surface area contributed by atoms with Crippen LogP contribution in [-0.2, 0) is 0 Å². The third kappa shape index (κ3) is 2.12. The maximum atomic E-state index is 10.2. The molecule has 0 amide bonds. The molecule has 0 heterocycles. The van der Waals surface area contributed by atoms with Crippen molar-refractivity contribution in [2.75, 3.05) is 7.11 Å². The summed E-state index contributed by atoms with van der Waals surface area (Å²) in [5, 5.41) is 12.1. The highest BCUT2D eigenvalue weighted by atomic mass is 79.9. The predicted octanol–water partition coefficient (Wildman–Crippen LogP) is 4.44. The Morgan fingerprint density at radius 1 is 1.18 bits per heavy atom. The summed E-state index contributed by atoms with van der Waals surface area (Å²) in [7, 11) is 1.64. The van der Waals surface area contributed by atoms with Crippen LogP contribution < -0.4 is 4.74 Å². The minimum Gasteiger partial charge on any atom is -0.507 e. The number of rotatable bonds is 2. The summed E-state index contributed by atoms with van der Waals surface area (Å²) >= 11 is 3.55. The number of ether oxygens (including phenoxy) is 1. The van der Waals surface area contributed by atoms with E-state index >= 15 is 0 Å². The number of benzene rings is 2. The van der Waals surface area contributed by atoms with E-state index in [1.165, 1.54) is 0 Å². The third-order valence-electron chi connectivity index (χ3n) is 2.92. The maximum absolute atomic E-state index is 10.2. The van der Waals surface area contributed by atoms with E-state index in [1.54, 1.807) is 7.11 Å². The summed E-state index contributed by atoms with van der Waals surface area (Å²) in [5.41, 5.74) is 0.953. The Hall–Kier alpha value is -1.22. The van der Waals surface area contributed by atoms with Gasteiger partial charge in [-0.15, -0.1) is 0 Å². The lowest BCUT2D eigenvalue weighted by molar-refractivity contribution is 0.415. The molecule has 0 saturated carbocycles. The summed E-state index contributed by atoms with van der Waals surface area (Å²) in [6, 6.07) is 7.64. The van der Waals surface area contributed by atoms with Gasteiger partial charge in [-0.1, -0.05) is 29.8 Å². The lowest BCUT2D eigenvalue weighted by Crippen LogP contribution is -1.91. The zero-order chi connectivity index (χ0) is 12.6. The molecule has 0 saturated heterocycles. The number of aromatic hydroxyl groups is 1. The Kier molecular flexibility index (Phi) is 3.29. The fourth-order valence-electron chi connectivity index (χ4n) is 1.93. The van der Waals surface area contributed by atoms with E-state index in [-0.39, 0.29) is 5.92 Å². The third-order valence-corrected chi connectivity index (χ3v) is 3.57. The Morgan fingerprint density at radius 3 is 2.47 bits per heavy atom. The van der Waals surface area contributed by atoms with Crippen molar-refractivity contribution in [1.82, 2.24) is 0 Å². The van der Waals surface area contributed by atoms with Gasteiger partial charge in [0, 0.05) is 15.2 Å². The van der Waals surface area contributed by atoms with E-state index in [0.717, 1.165) is 26.6 Å². The van der Waals surface area contributed by atoms with Crippen molar-refractivity contribution in [3.8, 4) is 11.5 Å². The standard InChI is InChI=1S/C14H15BrO2/c1-8(2)11-7-13(15)12-6-9(17-3)4-5-10(12)14(11)16/h4-8,16H,1-3H3. The van der Waals surface area contributed by atoms with Crippen LogP contribution in [0, 0.1) is 0 Å². The normalized spacial score (nSPS) is 11.1. The van der Waals surface area contributed by atoms with Crippen LogP contribution in [0.4, 0.5) is 0 Å². The number of methoxy groups -OCH3 is 1. The first-order valence-electron chi connectivity index (χ1n) is 5.53. The van der Waals surface area contributed by atoms with Crippen molar-refractivity contribution >= 4 is 26.7 Å². The van der Waals surface area contributed by atoms with Crippen molar-refractivity contribution in [3.05, 3.63) is 34.3 Å². The summed E-state index contributed by atoms with van der Waals surface area (Å²) in [6.07, 6.45) is 0. The highest BCUT2D eigenvalue weighted by Gasteiger charge is 2.13. The number of phenolic OH excluding ortho intramolecular Hbond substituents is 1. The Balaban J connectivity index is 2.78. The number of phenols is 1. The molecule has 0 radical (unpaired) electrons. The van der Waals surface area contributed by atoms with Crippen LogP contribution in [-0.4, -0.2) is 12.2 Å². The van der Waals surface area contributed by atoms with E-state index in [2.05, 4.69) is 29.8 Å². The van der Waals surface area contributed by atoms with Crippen molar-refractivity contribution in [2.24, 2.45) is 0 Å². The van der Waals surface area contributed by atoms with Gasteiger partial charge in [-0.3, -0.25) is 0 Å². The quantitative estimate of drug-likeness (QED) is 0.887. The zero-order valence-electron chi connectivity index (χ0n) is 10.1. The van der Waals surface area contributed by atoms with Crippen LogP contribution in [0.2, 0.25) is 0 Å². The zero-order valence-corrected chi connectivity index (χ0v) is 11.7. The topological polar surface area (TPSA) is 29.5 Å². The van der Waals surface area contributed by atoms with Crippen molar-refractivity contribution in [2.45, 2.75) is 19.8 Å². The van der Waals surface area contributed by atoms with Gasteiger partial charge < -0.3 is 9.84 Å². The molecule has 0 aliphatic carbocycles. The highest BCUT2D eigenvalue weighted by Crippen LogP contribution is 2.39. The number of hydrogen-bond donors (Lipinski definition) is 1. The van der Waals surface area contributed by atoms with Gasteiger partial charge in [0.25, 0.3) is 0 Å². The average molecular weight is 295 g/mol. The van der Waals surface area contributed by atoms with Crippen LogP contribution in [0.3, 0.4) is 0 Å². The molecule has 90 valence electrons. The fraction of sp³-hybridized carbons (Fsp3) is 0.286. The molecule has 2 nitrogen and oxygen atoms in total. The predicted molar refractivity (Wildman–Crippen MR) is 74.0 cm³/mol. The maximum Gasteiger partial charge on any atom is 0.126 e. The minimum atomic E-state index is 0.290. The molecular weight excluding hydrogens is 280 g/mol. The van der Waals surface area contributed by atoms with Gasteiger partial charge in [-0.25, -0.2) is 0 Å². The minimum absolute atomic E-state index is 0.290. The van der Waals surface area contributed by atoms with E-state index < -0.39 is 0 Å². The molecule has 1 N–H and O–H groups in total. The molecule has 0 fully saturated rings. The fourth-order valence-corrected chi connectivity index (χ4v) is 2.51. The van der Waals surface area contributed by atoms with Gasteiger partial charge in [0.05, 0.1) is 7.11 Å². The lowest BCUT2D eigenvalue weighted by atomic mass is 9.97. The second kappa shape index (κ2) is 4.57. The molecule has 3 heteroatoms. The number of hydrogen-bond acceptors (Lipinski definition) is 2. The molecule has 0 aliphatic heterocycles. The molecule has 2 aromatic carbocycles. The molecule has 0 spiro atoms. The molecule has 0 unspecified atom stereocenters. The van der Waals surface area contributed by atoms with Gasteiger partial charge >= 0.3 is 0 Å². The Morgan fingerprint density at radius 2 is 1.88 bits per heavy atom. The number of fused-ring (bicyclic) bond motifs is 1. The van der Waals surface area contributed by atoms with E-state index in [9.17, 15) is 5.11 Å². The van der Waals surface area contributed by atoms with Gasteiger partial charge in [0.1, 0.15) is 11.5 Å². The molecular formula is C14H15BrO2. The van der Waals surface area contributed by atoms with Crippen molar-refractivity contribution in [3.63, 3.8) is 0 Å². The lowest BCUT2D eigenvalue weighted by Gasteiger charge is -2.13. The molecule has 0 atom stereocenters.